The Morgan fingerprint density at radius 2 is 1.03 bits per heavy atom. The van der Waals surface area contributed by atoms with Crippen molar-refractivity contribution in [2.45, 2.75) is 71.1 Å². The molecule has 0 N–H and O–H groups in total. The van der Waals surface area contributed by atoms with Gasteiger partial charge in [0, 0.05) is 47.5 Å². The molecule has 0 aliphatic carbocycles. The number of nitrogens with zero attached hydrogens (tertiary/aromatic N) is 2. The molecule has 2 nitrogen and oxygen atoms in total. The predicted octanol–water partition coefficient (Wildman–Crippen LogP) is 10.2. The lowest BCUT2D eigenvalue weighted by Gasteiger charge is -2.11. The van der Waals surface area contributed by atoms with E-state index in [1.165, 1.54) is 124 Å². The highest BCUT2D eigenvalue weighted by molar-refractivity contribution is 6.24. The first-order valence-electron chi connectivity index (χ1n) is 14.5. The van der Waals surface area contributed by atoms with Crippen LogP contribution in [0.4, 0.5) is 0 Å². The van der Waals surface area contributed by atoms with Crippen LogP contribution in [0, 0.1) is 0 Å². The fourth-order valence-electron chi connectivity index (χ4n) is 6.60. The van der Waals surface area contributed by atoms with Crippen LogP contribution >= 0.6 is 0 Å². The minimum absolute atomic E-state index is 1.17. The van der Waals surface area contributed by atoms with Gasteiger partial charge in [-0.05, 0) is 46.5 Å². The highest BCUT2D eigenvalue weighted by Gasteiger charge is 2.13. The predicted molar refractivity (Wildman–Crippen MR) is 163 cm³/mol. The van der Waals surface area contributed by atoms with Crippen molar-refractivity contribution in [2.75, 3.05) is 0 Å². The number of hydrogen-bond acceptors (Lipinski definition) is 0. The van der Waals surface area contributed by atoms with E-state index in [2.05, 4.69) is 97.0 Å². The molecule has 0 unspecified atom stereocenters. The molecular weight excluding hydrogens is 448 g/mol. The van der Waals surface area contributed by atoms with Crippen LogP contribution in [0.1, 0.15) is 70.4 Å². The monoisotopic (exact) mass is 488 g/mol. The third-order valence-corrected chi connectivity index (χ3v) is 8.66. The summed E-state index contributed by atoms with van der Waals surface area (Å²) in [4.78, 5) is 0. The summed E-state index contributed by atoms with van der Waals surface area (Å²) in [6.07, 6.45) is 15.8. The average Bonchev–Trinajstić information content (AvgIpc) is 3.46. The summed E-state index contributed by atoms with van der Waals surface area (Å²) in [5.41, 5.74) is 4.16. The van der Waals surface area contributed by atoms with Gasteiger partial charge in [-0.25, -0.2) is 0 Å². The zero-order valence-electron chi connectivity index (χ0n) is 22.8. The second-order valence-corrected chi connectivity index (χ2v) is 11.1. The van der Waals surface area contributed by atoms with E-state index in [1.54, 1.807) is 0 Å². The quantitative estimate of drug-likeness (QED) is 0.134. The van der Waals surface area contributed by atoms with Gasteiger partial charge < -0.3 is 9.13 Å². The fraction of sp³-hybridized carbons (Fsp3) is 0.371. The molecule has 190 valence electrons. The number of aromatic nitrogens is 2. The average molecular weight is 489 g/mol. The molecule has 2 heterocycles. The van der Waals surface area contributed by atoms with Gasteiger partial charge in [-0.1, -0.05) is 107 Å². The molecule has 4 aromatic carbocycles. The maximum Gasteiger partial charge on any atom is 0.0559 e. The molecule has 0 atom stereocenters. The number of rotatable bonds is 10. The molecule has 37 heavy (non-hydrogen) atoms. The van der Waals surface area contributed by atoms with E-state index in [9.17, 15) is 0 Å². The Labute approximate surface area is 220 Å². The number of aryl methyl sites for hydroxylation is 3. The molecule has 0 fully saturated rings. The van der Waals surface area contributed by atoms with E-state index in [0.717, 1.165) is 0 Å². The Balaban J connectivity index is 1.28. The Kier molecular flexibility index (Phi) is 6.67. The zero-order valence-corrected chi connectivity index (χ0v) is 22.8. The van der Waals surface area contributed by atoms with Gasteiger partial charge in [0.05, 0.1) is 11.0 Å². The molecule has 0 spiro atoms. The summed E-state index contributed by atoms with van der Waals surface area (Å²) < 4.78 is 4.70. The minimum atomic E-state index is 1.17. The van der Waals surface area contributed by atoms with Crippen LogP contribution in [0.15, 0.2) is 66.9 Å². The van der Waals surface area contributed by atoms with E-state index in [-0.39, 0.29) is 0 Å². The molecule has 0 aliphatic heterocycles. The van der Waals surface area contributed by atoms with Crippen LogP contribution in [0.2, 0.25) is 0 Å². The van der Waals surface area contributed by atoms with Crippen LogP contribution in [0.3, 0.4) is 0 Å². The van der Waals surface area contributed by atoms with Gasteiger partial charge >= 0.3 is 0 Å². The number of unbranched alkanes of at least 4 members (excludes halogenated alkanes) is 8. The number of benzene rings is 4. The molecule has 0 saturated heterocycles. The van der Waals surface area contributed by atoms with E-state index in [0.29, 0.717) is 0 Å². The SMILES string of the molecule is CCCCCCCCCCCc1cc2ccc3c4ccc5c(ccc6ccn(C)c65)c4ccc3c2n1C. The lowest BCUT2D eigenvalue weighted by molar-refractivity contribution is 0.562. The molecule has 2 heteroatoms. The van der Waals surface area contributed by atoms with Crippen molar-refractivity contribution in [1.82, 2.24) is 9.13 Å². The van der Waals surface area contributed by atoms with Crippen molar-refractivity contribution >= 4 is 54.1 Å². The highest BCUT2D eigenvalue weighted by atomic mass is 14.9. The smallest absolute Gasteiger partial charge is 0.0559 e. The molecular formula is C35H40N2. The van der Waals surface area contributed by atoms with Gasteiger partial charge in [-0.15, -0.1) is 0 Å². The Morgan fingerprint density at radius 3 is 1.70 bits per heavy atom. The first-order valence-corrected chi connectivity index (χ1v) is 14.5. The van der Waals surface area contributed by atoms with Crippen molar-refractivity contribution in [3.63, 3.8) is 0 Å². The van der Waals surface area contributed by atoms with E-state index in [1.807, 2.05) is 0 Å². The standard InChI is InChI=1S/C35H40N2/c1-4-5-6-7-8-9-10-11-12-13-27-24-26-15-17-31-29-18-20-32-30(16-14-25-22-23-36(2)34(25)32)28(29)19-21-33(31)35(26)37(27)3/h14-24H,4-13H2,1-3H3. The summed E-state index contributed by atoms with van der Waals surface area (Å²) in [7, 11) is 4.41. The highest BCUT2D eigenvalue weighted by Crippen LogP contribution is 2.37. The van der Waals surface area contributed by atoms with Crippen molar-refractivity contribution in [2.24, 2.45) is 14.1 Å². The molecule has 0 aliphatic rings. The third-order valence-electron chi connectivity index (χ3n) is 8.66. The molecule has 6 rings (SSSR count). The summed E-state index contributed by atoms with van der Waals surface area (Å²) in [6.45, 7) is 2.29. The number of hydrogen-bond donors (Lipinski definition) is 0. The molecule has 6 aromatic rings. The number of fused-ring (bicyclic) bond motifs is 9. The maximum atomic E-state index is 2.46. The van der Waals surface area contributed by atoms with Crippen molar-refractivity contribution in [3.8, 4) is 0 Å². The summed E-state index contributed by atoms with van der Waals surface area (Å²) in [5, 5.41) is 10.8. The van der Waals surface area contributed by atoms with Gasteiger partial charge in [-0.2, -0.15) is 0 Å². The lowest BCUT2D eigenvalue weighted by Crippen LogP contribution is -1.97. The second-order valence-electron chi connectivity index (χ2n) is 11.1. The topological polar surface area (TPSA) is 9.86 Å². The van der Waals surface area contributed by atoms with Gasteiger partial charge in [0.15, 0.2) is 0 Å². The zero-order chi connectivity index (χ0) is 25.4. The van der Waals surface area contributed by atoms with Gasteiger partial charge in [0.25, 0.3) is 0 Å². The van der Waals surface area contributed by atoms with Crippen LogP contribution in [-0.2, 0) is 20.5 Å². The van der Waals surface area contributed by atoms with E-state index >= 15 is 0 Å². The van der Waals surface area contributed by atoms with Crippen molar-refractivity contribution in [1.29, 1.82) is 0 Å². The molecule has 0 amide bonds. The Bertz CT molecular complexity index is 1710. The lowest BCUT2D eigenvalue weighted by atomic mass is 9.95. The molecule has 0 bridgehead atoms. The van der Waals surface area contributed by atoms with E-state index < -0.39 is 0 Å². The van der Waals surface area contributed by atoms with Crippen LogP contribution in [0.5, 0.6) is 0 Å². The van der Waals surface area contributed by atoms with Gasteiger partial charge in [0.1, 0.15) is 0 Å². The second kappa shape index (κ2) is 10.2. The first-order chi connectivity index (χ1) is 18.2. The first kappa shape index (κ1) is 24.1. The van der Waals surface area contributed by atoms with Crippen LogP contribution in [0.25, 0.3) is 54.1 Å². The summed E-state index contributed by atoms with van der Waals surface area (Å²) in [6, 6.07) is 23.2. The third kappa shape index (κ3) is 4.31. The molecule has 0 radical (unpaired) electrons. The van der Waals surface area contributed by atoms with E-state index in [4.69, 9.17) is 0 Å². The van der Waals surface area contributed by atoms with Gasteiger partial charge in [-0.3, -0.25) is 0 Å². The van der Waals surface area contributed by atoms with Crippen molar-refractivity contribution < 1.29 is 0 Å². The fourth-order valence-corrected chi connectivity index (χ4v) is 6.60. The van der Waals surface area contributed by atoms with Crippen LogP contribution < -0.4 is 0 Å². The van der Waals surface area contributed by atoms with Crippen LogP contribution in [-0.4, -0.2) is 9.13 Å². The van der Waals surface area contributed by atoms with Gasteiger partial charge in [0.2, 0.25) is 0 Å². The minimum Gasteiger partial charge on any atom is -0.350 e. The van der Waals surface area contributed by atoms with Crippen molar-refractivity contribution in [3.05, 3.63) is 72.6 Å². The Hall–Kier alpha value is -3.26. The molecule has 0 saturated carbocycles. The molecule has 2 aromatic heterocycles. The summed E-state index contributed by atoms with van der Waals surface area (Å²) in [5.74, 6) is 0. The maximum absolute atomic E-state index is 2.46. The largest absolute Gasteiger partial charge is 0.350 e. The summed E-state index contributed by atoms with van der Waals surface area (Å²) >= 11 is 0. The normalized spacial score (nSPS) is 12.2. The Morgan fingerprint density at radius 1 is 0.514 bits per heavy atom.